The van der Waals surface area contributed by atoms with Crippen molar-refractivity contribution >= 4 is 39.9 Å². The lowest BCUT2D eigenvalue weighted by atomic mass is 9.92. The summed E-state index contributed by atoms with van der Waals surface area (Å²) in [5.41, 5.74) is 0.248. The van der Waals surface area contributed by atoms with Crippen molar-refractivity contribution in [2.45, 2.75) is 13.0 Å². The van der Waals surface area contributed by atoms with Crippen LogP contribution in [-0.4, -0.2) is 61.4 Å². The zero-order valence-corrected chi connectivity index (χ0v) is 20.2. The van der Waals surface area contributed by atoms with Crippen molar-refractivity contribution < 1.29 is 23.8 Å². The van der Waals surface area contributed by atoms with Crippen LogP contribution < -0.4 is 10.3 Å². The molecule has 5 heterocycles. The molecule has 186 valence electrons. The van der Waals surface area contributed by atoms with Gasteiger partial charge in [-0.2, -0.15) is 5.10 Å². The number of Topliss-reactive ketones (excluding diaryl/α,β-unsaturated/α-hetero) is 1. The summed E-state index contributed by atoms with van der Waals surface area (Å²) in [7, 11) is 3.37. The molecule has 5 rings (SSSR count). The molecule has 0 saturated carbocycles. The molecule has 0 unspecified atom stereocenters. The average Bonchev–Trinajstić information content (AvgIpc) is 3.44. The highest BCUT2D eigenvalue weighted by Gasteiger charge is 2.35. The second-order valence-electron chi connectivity index (χ2n) is 8.46. The first-order chi connectivity index (χ1) is 17.3. The number of carboxylic acids is 1. The van der Waals surface area contributed by atoms with Crippen molar-refractivity contribution in [3.63, 3.8) is 0 Å². The number of halogens is 1. The van der Waals surface area contributed by atoms with Crippen molar-refractivity contribution in [1.29, 1.82) is 0 Å². The van der Waals surface area contributed by atoms with Crippen LogP contribution in [0.25, 0.3) is 16.2 Å². The van der Waals surface area contributed by atoms with E-state index in [-0.39, 0.29) is 48.1 Å². The molecule has 1 N–H and O–H groups in total. The second kappa shape index (κ2) is 9.24. The van der Waals surface area contributed by atoms with Gasteiger partial charge in [0.1, 0.15) is 11.3 Å². The lowest BCUT2D eigenvalue weighted by molar-refractivity contribution is -0.123. The van der Waals surface area contributed by atoms with Crippen molar-refractivity contribution in [2.75, 3.05) is 25.1 Å². The summed E-state index contributed by atoms with van der Waals surface area (Å²) in [6, 6.07) is 2.82. The Balaban J connectivity index is 1.41. The maximum atomic E-state index is 15.1. The molecular weight excluding hydrogens is 491 g/mol. The Bertz CT molecular complexity index is 1540. The van der Waals surface area contributed by atoms with E-state index in [1.54, 1.807) is 29.1 Å². The molecular formula is C23H21FN6O5S. The molecule has 4 aromatic rings. The predicted octanol–water partition coefficient (Wildman–Crippen LogP) is 1.81. The molecule has 4 aromatic heterocycles. The Labute approximate surface area is 207 Å². The van der Waals surface area contributed by atoms with Gasteiger partial charge in [-0.05, 0) is 12.1 Å². The van der Waals surface area contributed by atoms with Crippen LogP contribution in [0.3, 0.4) is 0 Å². The summed E-state index contributed by atoms with van der Waals surface area (Å²) in [6.45, 7) is 0.920. The Morgan fingerprint density at radius 1 is 1.31 bits per heavy atom. The van der Waals surface area contributed by atoms with E-state index < -0.39 is 22.8 Å². The molecule has 0 radical (unpaired) electrons. The molecule has 11 nitrogen and oxygen atoms in total. The number of anilines is 1. The fourth-order valence-corrected chi connectivity index (χ4v) is 4.81. The quantitative estimate of drug-likeness (QED) is 0.375. The number of rotatable bonds is 8. The van der Waals surface area contributed by atoms with Gasteiger partial charge in [0.25, 0.3) is 0 Å². The zero-order chi connectivity index (χ0) is 25.6. The van der Waals surface area contributed by atoms with E-state index >= 15 is 4.39 Å². The van der Waals surface area contributed by atoms with Crippen LogP contribution in [0.5, 0.6) is 0 Å². The number of carbonyl (C=O) groups excluding carboxylic acids is 1. The summed E-state index contributed by atoms with van der Waals surface area (Å²) in [4.78, 5) is 47.2. The number of pyridine rings is 2. The van der Waals surface area contributed by atoms with Crippen LogP contribution in [0.4, 0.5) is 10.2 Å². The monoisotopic (exact) mass is 512 g/mol. The standard InChI is InChI=1S/C23H21FN6O5S/c1-28-14(11-35-2)5-13(27-28)6-18(31)12-8-29(9-12)21-17(24)7-15-19(32)16(22(33)34)10-30(20(15)26-21)23-25-3-4-36-23/h3-5,7,10,12H,6,8-9,11H2,1-2H3,(H,33,34). The number of aromatic nitrogens is 5. The van der Waals surface area contributed by atoms with Crippen LogP contribution in [0.2, 0.25) is 0 Å². The van der Waals surface area contributed by atoms with Crippen molar-refractivity contribution in [3.8, 4) is 5.13 Å². The molecule has 1 aliphatic rings. The number of methoxy groups -OCH3 is 1. The van der Waals surface area contributed by atoms with Gasteiger partial charge in [-0.15, -0.1) is 11.3 Å². The largest absolute Gasteiger partial charge is 0.477 e. The van der Waals surface area contributed by atoms with Gasteiger partial charge in [0.15, 0.2) is 22.4 Å². The highest BCUT2D eigenvalue weighted by molar-refractivity contribution is 7.12. The number of fused-ring (bicyclic) bond motifs is 1. The van der Waals surface area contributed by atoms with E-state index in [1.165, 1.54) is 22.1 Å². The molecule has 13 heteroatoms. The van der Waals surface area contributed by atoms with E-state index in [0.29, 0.717) is 17.4 Å². The van der Waals surface area contributed by atoms with Crippen molar-refractivity contribution in [1.82, 2.24) is 24.3 Å². The summed E-state index contributed by atoms with van der Waals surface area (Å²) in [6.07, 6.45) is 2.83. The van der Waals surface area contributed by atoms with Gasteiger partial charge >= 0.3 is 5.97 Å². The number of hydrogen-bond acceptors (Lipinski definition) is 9. The minimum absolute atomic E-state index is 0.0136. The third-order valence-corrected chi connectivity index (χ3v) is 6.85. The summed E-state index contributed by atoms with van der Waals surface area (Å²) in [5, 5.41) is 15.7. The van der Waals surface area contributed by atoms with Gasteiger partial charge in [0, 0.05) is 45.0 Å². The van der Waals surface area contributed by atoms with Gasteiger partial charge in [-0.1, -0.05) is 0 Å². The Morgan fingerprint density at radius 2 is 2.08 bits per heavy atom. The number of aromatic carboxylic acids is 1. The number of nitrogens with zero attached hydrogens (tertiary/aromatic N) is 6. The van der Waals surface area contributed by atoms with E-state index in [1.807, 2.05) is 6.07 Å². The van der Waals surface area contributed by atoms with Gasteiger partial charge in [-0.25, -0.2) is 19.2 Å². The lowest BCUT2D eigenvalue weighted by Gasteiger charge is -2.39. The number of ketones is 1. The third kappa shape index (κ3) is 4.16. The van der Waals surface area contributed by atoms with E-state index in [2.05, 4.69) is 15.1 Å². The van der Waals surface area contributed by atoms with Gasteiger partial charge < -0.3 is 14.7 Å². The van der Waals surface area contributed by atoms with Crippen LogP contribution in [0.15, 0.2) is 34.7 Å². The van der Waals surface area contributed by atoms with Crippen LogP contribution in [0.1, 0.15) is 21.7 Å². The summed E-state index contributed by atoms with van der Waals surface area (Å²) < 4.78 is 23.2. The Morgan fingerprint density at radius 3 is 2.75 bits per heavy atom. The van der Waals surface area contributed by atoms with E-state index in [0.717, 1.165) is 18.0 Å². The predicted molar refractivity (Wildman–Crippen MR) is 128 cm³/mol. The molecule has 1 saturated heterocycles. The highest BCUT2D eigenvalue weighted by Crippen LogP contribution is 2.29. The maximum absolute atomic E-state index is 15.1. The van der Waals surface area contributed by atoms with E-state index in [9.17, 15) is 19.5 Å². The molecule has 0 bridgehead atoms. The molecule has 0 amide bonds. The first-order valence-corrected chi connectivity index (χ1v) is 11.8. The minimum atomic E-state index is -1.43. The molecule has 36 heavy (non-hydrogen) atoms. The normalized spacial score (nSPS) is 13.8. The minimum Gasteiger partial charge on any atom is -0.477 e. The molecule has 0 atom stereocenters. The molecule has 0 aliphatic carbocycles. The first-order valence-electron chi connectivity index (χ1n) is 10.9. The van der Waals surface area contributed by atoms with Crippen LogP contribution in [-0.2, 0) is 29.6 Å². The SMILES string of the molecule is COCc1cc(CC(=O)C2CN(c3nc4c(cc3F)c(=O)c(C(=O)O)cn4-c3nccs3)C2)nn1C. The van der Waals surface area contributed by atoms with Crippen molar-refractivity contribution in [3.05, 3.63) is 62.9 Å². The zero-order valence-electron chi connectivity index (χ0n) is 19.3. The molecule has 0 spiro atoms. The van der Waals surface area contributed by atoms with E-state index in [4.69, 9.17) is 4.74 Å². The van der Waals surface area contributed by atoms with Crippen LogP contribution in [0, 0.1) is 11.7 Å². The van der Waals surface area contributed by atoms with Crippen LogP contribution >= 0.6 is 11.3 Å². The summed E-state index contributed by atoms with van der Waals surface area (Å²) >= 11 is 1.22. The lowest BCUT2D eigenvalue weighted by Crippen LogP contribution is -2.51. The topological polar surface area (TPSA) is 132 Å². The average molecular weight is 513 g/mol. The second-order valence-corrected chi connectivity index (χ2v) is 9.33. The molecule has 1 fully saturated rings. The Hall–Kier alpha value is -3.97. The number of carbonyl (C=O) groups is 2. The highest BCUT2D eigenvalue weighted by atomic mass is 32.1. The molecule has 0 aromatic carbocycles. The molecule has 1 aliphatic heterocycles. The number of thiazole rings is 1. The van der Waals surface area contributed by atoms with Gasteiger partial charge in [0.2, 0.25) is 5.43 Å². The Kier molecular flexibility index (Phi) is 6.10. The van der Waals surface area contributed by atoms with Crippen molar-refractivity contribution in [2.24, 2.45) is 13.0 Å². The number of carboxylic acid groups (broad SMARTS) is 1. The van der Waals surface area contributed by atoms with Gasteiger partial charge in [-0.3, -0.25) is 18.8 Å². The maximum Gasteiger partial charge on any atom is 0.341 e. The smallest absolute Gasteiger partial charge is 0.341 e. The first kappa shape index (κ1) is 23.8. The third-order valence-electron chi connectivity index (χ3n) is 6.08. The number of ether oxygens (including phenoxy) is 1. The number of aryl methyl sites for hydroxylation is 1. The van der Waals surface area contributed by atoms with Gasteiger partial charge in [0.05, 0.1) is 35.7 Å². The fourth-order valence-electron chi connectivity index (χ4n) is 4.19. The summed E-state index contributed by atoms with van der Waals surface area (Å²) in [5.74, 6) is -2.54. The fraction of sp³-hybridized carbons (Fsp3) is 0.304. The number of hydrogen-bond donors (Lipinski definition) is 1.